The number of hydrogen-bond acceptors (Lipinski definition) is 5. The third-order valence-electron chi connectivity index (χ3n) is 4.37. The average molecular weight is 320 g/mol. The number of aromatic nitrogens is 1. The molecule has 0 bridgehead atoms. The Morgan fingerprint density at radius 2 is 2.26 bits per heavy atom. The number of nitrogens with zero attached hydrogens (tertiary/aromatic N) is 2. The molecule has 0 unspecified atom stereocenters. The molecule has 1 aliphatic heterocycles. The maximum atomic E-state index is 12.1. The van der Waals surface area contributed by atoms with Crippen molar-refractivity contribution in [2.24, 2.45) is 5.92 Å². The number of anilines is 1. The Morgan fingerprint density at radius 3 is 2.91 bits per heavy atom. The van der Waals surface area contributed by atoms with Crippen molar-refractivity contribution in [2.75, 3.05) is 11.5 Å². The summed E-state index contributed by atoms with van der Waals surface area (Å²) in [5, 5.41) is 9.92. The van der Waals surface area contributed by atoms with Gasteiger partial charge >= 0.3 is 6.09 Å². The quantitative estimate of drug-likeness (QED) is 0.903. The Balaban J connectivity index is 1.73. The van der Waals surface area contributed by atoms with Crippen molar-refractivity contribution in [1.29, 1.82) is 0 Å². The summed E-state index contributed by atoms with van der Waals surface area (Å²) in [4.78, 5) is 18.1. The van der Waals surface area contributed by atoms with E-state index in [-0.39, 0.29) is 18.7 Å². The van der Waals surface area contributed by atoms with E-state index in [2.05, 4.69) is 18.8 Å². The first-order valence-corrected chi connectivity index (χ1v) is 8.16. The summed E-state index contributed by atoms with van der Waals surface area (Å²) in [5.74, 6) is 1.91. The van der Waals surface area contributed by atoms with Crippen LogP contribution in [-0.4, -0.2) is 34.4 Å². The molecule has 0 aromatic carbocycles. The number of amides is 1. The van der Waals surface area contributed by atoms with Crippen LogP contribution in [0, 0.1) is 5.92 Å². The largest absolute Gasteiger partial charge is 0.492 e. The van der Waals surface area contributed by atoms with Gasteiger partial charge in [0.1, 0.15) is 18.2 Å². The molecule has 1 fully saturated rings. The van der Waals surface area contributed by atoms with Crippen molar-refractivity contribution >= 4 is 11.9 Å². The number of ether oxygens (including phenoxy) is 2. The molecule has 1 saturated carbocycles. The van der Waals surface area contributed by atoms with E-state index in [1.54, 1.807) is 18.0 Å². The van der Waals surface area contributed by atoms with E-state index in [9.17, 15) is 9.90 Å². The van der Waals surface area contributed by atoms with E-state index < -0.39 is 5.60 Å². The van der Waals surface area contributed by atoms with Gasteiger partial charge in [0.2, 0.25) is 0 Å². The minimum absolute atomic E-state index is 0.0586. The highest BCUT2D eigenvalue weighted by Gasteiger charge is 2.46. The standard InChI is InChI=1S/C17H24N2O4/c1-11(2)4-5-22-14-6-12-10-23-16(20)19(15(12)18-9-14)13-7-17(3,21)8-13/h6,9,11,13,21H,4-5,7-8,10H2,1-3H3/t13-,17+. The molecule has 6 heteroatoms. The summed E-state index contributed by atoms with van der Waals surface area (Å²) in [6.07, 6.45) is 3.32. The highest BCUT2D eigenvalue weighted by molar-refractivity contribution is 5.90. The van der Waals surface area contributed by atoms with Gasteiger partial charge < -0.3 is 14.6 Å². The second-order valence-corrected chi connectivity index (χ2v) is 7.17. The van der Waals surface area contributed by atoms with E-state index in [0.29, 0.717) is 36.9 Å². The summed E-state index contributed by atoms with van der Waals surface area (Å²) in [5.41, 5.74) is 0.140. The average Bonchev–Trinajstić information content (AvgIpc) is 2.44. The number of carbonyl (C=O) groups is 1. The smallest absolute Gasteiger partial charge is 0.416 e. The van der Waals surface area contributed by atoms with Crippen LogP contribution in [0.5, 0.6) is 5.75 Å². The highest BCUT2D eigenvalue weighted by atomic mass is 16.6. The topological polar surface area (TPSA) is 71.9 Å². The van der Waals surface area contributed by atoms with Crippen molar-refractivity contribution in [3.8, 4) is 5.75 Å². The van der Waals surface area contributed by atoms with E-state index in [1.165, 1.54) is 0 Å². The number of cyclic esters (lactones) is 1. The Morgan fingerprint density at radius 1 is 1.52 bits per heavy atom. The van der Waals surface area contributed by atoms with Crippen LogP contribution < -0.4 is 9.64 Å². The van der Waals surface area contributed by atoms with Gasteiger partial charge in [0, 0.05) is 11.6 Å². The number of rotatable bonds is 5. The van der Waals surface area contributed by atoms with Crippen molar-refractivity contribution in [3.63, 3.8) is 0 Å². The first-order valence-electron chi connectivity index (χ1n) is 8.16. The molecule has 0 spiro atoms. The Labute approximate surface area is 136 Å². The fourth-order valence-electron chi connectivity index (χ4n) is 3.05. The molecule has 2 heterocycles. The minimum atomic E-state index is -0.706. The number of aliphatic hydroxyl groups is 1. The van der Waals surface area contributed by atoms with Gasteiger partial charge in [-0.1, -0.05) is 13.8 Å². The molecule has 1 aromatic heterocycles. The van der Waals surface area contributed by atoms with Crippen LogP contribution in [0.15, 0.2) is 12.3 Å². The molecular formula is C17H24N2O4. The van der Waals surface area contributed by atoms with Gasteiger partial charge in [-0.05, 0) is 38.2 Å². The minimum Gasteiger partial charge on any atom is -0.492 e. The Bertz CT molecular complexity index is 592. The van der Waals surface area contributed by atoms with Crippen molar-refractivity contribution in [1.82, 2.24) is 4.98 Å². The molecule has 0 saturated heterocycles. The zero-order valence-corrected chi connectivity index (χ0v) is 13.9. The lowest BCUT2D eigenvalue weighted by Gasteiger charge is -2.46. The molecule has 3 rings (SSSR count). The van der Waals surface area contributed by atoms with Crippen LogP contribution in [0.4, 0.5) is 10.6 Å². The van der Waals surface area contributed by atoms with Crippen molar-refractivity contribution < 1.29 is 19.4 Å². The summed E-state index contributed by atoms with van der Waals surface area (Å²) >= 11 is 0. The summed E-state index contributed by atoms with van der Waals surface area (Å²) in [6, 6.07) is 1.83. The first-order chi connectivity index (χ1) is 10.9. The predicted octanol–water partition coefficient (Wildman–Crippen LogP) is 2.88. The zero-order chi connectivity index (χ0) is 16.6. The third kappa shape index (κ3) is 3.42. The van der Waals surface area contributed by atoms with E-state index in [4.69, 9.17) is 9.47 Å². The van der Waals surface area contributed by atoms with E-state index >= 15 is 0 Å². The highest BCUT2D eigenvalue weighted by Crippen LogP contribution is 2.40. The number of pyridine rings is 1. The molecule has 1 aliphatic carbocycles. The molecule has 1 aromatic rings. The Hall–Kier alpha value is -1.82. The van der Waals surface area contributed by atoms with Gasteiger partial charge in [-0.15, -0.1) is 0 Å². The fraction of sp³-hybridized carbons (Fsp3) is 0.647. The van der Waals surface area contributed by atoms with Gasteiger partial charge in [0.25, 0.3) is 0 Å². The zero-order valence-electron chi connectivity index (χ0n) is 13.9. The molecular weight excluding hydrogens is 296 g/mol. The maximum Gasteiger partial charge on any atom is 0.416 e. The monoisotopic (exact) mass is 320 g/mol. The summed E-state index contributed by atoms with van der Waals surface area (Å²) in [6.45, 7) is 6.94. The second-order valence-electron chi connectivity index (χ2n) is 7.17. The van der Waals surface area contributed by atoms with E-state index in [0.717, 1.165) is 12.0 Å². The van der Waals surface area contributed by atoms with Crippen LogP contribution in [0.1, 0.15) is 45.6 Å². The van der Waals surface area contributed by atoms with Crippen molar-refractivity contribution in [2.45, 2.75) is 58.3 Å². The number of fused-ring (bicyclic) bond motifs is 1. The van der Waals surface area contributed by atoms with Crippen LogP contribution >= 0.6 is 0 Å². The van der Waals surface area contributed by atoms with Crippen LogP contribution in [-0.2, 0) is 11.3 Å². The molecule has 1 amide bonds. The summed E-state index contributed by atoms with van der Waals surface area (Å²) in [7, 11) is 0. The lowest BCUT2D eigenvalue weighted by Crippen LogP contribution is -2.57. The number of hydrogen-bond donors (Lipinski definition) is 1. The van der Waals surface area contributed by atoms with Gasteiger partial charge in [-0.2, -0.15) is 0 Å². The molecule has 126 valence electrons. The van der Waals surface area contributed by atoms with Gasteiger partial charge in [0.15, 0.2) is 0 Å². The summed E-state index contributed by atoms with van der Waals surface area (Å²) < 4.78 is 11.0. The van der Waals surface area contributed by atoms with Crippen molar-refractivity contribution in [3.05, 3.63) is 17.8 Å². The SMILES string of the molecule is CC(C)CCOc1cnc2c(c1)COC(=O)N2[C@H]1C[C@@](C)(O)C1. The van der Waals surface area contributed by atoms with Gasteiger partial charge in [-0.25, -0.2) is 9.78 Å². The molecule has 0 radical (unpaired) electrons. The molecule has 0 atom stereocenters. The molecule has 1 N–H and O–H groups in total. The fourth-order valence-corrected chi connectivity index (χ4v) is 3.05. The van der Waals surface area contributed by atoms with Gasteiger partial charge in [-0.3, -0.25) is 4.90 Å². The van der Waals surface area contributed by atoms with Gasteiger partial charge in [0.05, 0.1) is 18.4 Å². The molecule has 23 heavy (non-hydrogen) atoms. The lowest BCUT2D eigenvalue weighted by atomic mass is 9.76. The van der Waals surface area contributed by atoms with E-state index in [1.807, 2.05) is 6.07 Å². The second kappa shape index (κ2) is 6.00. The predicted molar refractivity (Wildman–Crippen MR) is 85.5 cm³/mol. The first kappa shape index (κ1) is 16.1. The lowest BCUT2D eigenvalue weighted by molar-refractivity contribution is -0.0315. The third-order valence-corrected chi connectivity index (χ3v) is 4.37. The maximum absolute atomic E-state index is 12.1. The molecule has 2 aliphatic rings. The normalized spacial score (nSPS) is 26.6. The van der Waals surface area contributed by atoms with Crippen LogP contribution in [0.25, 0.3) is 0 Å². The molecule has 6 nitrogen and oxygen atoms in total. The Kier molecular flexibility index (Phi) is 4.19. The number of carbonyl (C=O) groups excluding carboxylic acids is 1. The van der Waals surface area contributed by atoms with Crippen LogP contribution in [0.3, 0.4) is 0 Å². The van der Waals surface area contributed by atoms with Crippen LogP contribution in [0.2, 0.25) is 0 Å².